The van der Waals surface area contributed by atoms with Gasteiger partial charge in [0.05, 0.1) is 0 Å². The Kier molecular flexibility index (Phi) is 18.3. The molecule has 0 aromatic carbocycles. The van der Waals surface area contributed by atoms with Crippen LogP contribution in [0.25, 0.3) is 0 Å². The molecule has 0 saturated carbocycles. The lowest BCUT2D eigenvalue weighted by Crippen LogP contribution is -1.59. The van der Waals surface area contributed by atoms with Gasteiger partial charge in [0.1, 0.15) is 1.37 Å². The van der Waals surface area contributed by atoms with Crippen LogP contribution in [0.2, 0.25) is 0 Å². The summed E-state index contributed by atoms with van der Waals surface area (Å²) in [5.41, 5.74) is 0. The van der Waals surface area contributed by atoms with Gasteiger partial charge in [-0.25, -0.2) is 0 Å². The quantitative estimate of drug-likeness (QED) is 0.309. The van der Waals surface area contributed by atoms with Crippen LogP contribution >= 0.6 is 43.0 Å². The predicted molar refractivity (Wildman–Crippen MR) is 55.5 cm³/mol. The molecule has 0 N–H and O–H groups in total. The number of terminal acetylenes is 1. The SMILES string of the molecule is S=PI.[3H]C#CCCBr. The maximum atomic E-state index is 6.32. The summed E-state index contributed by atoms with van der Waals surface area (Å²) in [4.78, 5) is 0.970. The van der Waals surface area contributed by atoms with Crippen LogP contribution in [0, 0.1) is 12.3 Å². The Hall–Kier alpha value is 1.29. The summed E-state index contributed by atoms with van der Waals surface area (Å²) in [6, 6.07) is 0. The van der Waals surface area contributed by atoms with Gasteiger partial charge >= 0.3 is 0 Å². The van der Waals surface area contributed by atoms with E-state index in [1.54, 1.807) is 0 Å². The van der Waals surface area contributed by atoms with Gasteiger partial charge < -0.3 is 0 Å². The van der Waals surface area contributed by atoms with Crippen molar-refractivity contribution < 1.29 is 1.37 Å². The second kappa shape index (κ2) is 15.7. The second-order valence-corrected chi connectivity index (χ2v) is 5.57. The van der Waals surface area contributed by atoms with E-state index in [9.17, 15) is 0 Å². The molecule has 4 heteroatoms. The molecule has 8 heavy (non-hydrogen) atoms. The maximum Gasteiger partial charge on any atom is 0.124 e. The van der Waals surface area contributed by atoms with E-state index in [1.807, 2.05) is 6.40 Å². The Morgan fingerprint density at radius 3 is 2.75 bits per heavy atom. The van der Waals surface area contributed by atoms with E-state index in [1.165, 1.54) is 0 Å². The lowest BCUT2D eigenvalue weighted by atomic mass is 10.5. The molecule has 0 aromatic heterocycles. The first kappa shape index (κ1) is 9.29. The van der Waals surface area contributed by atoms with Crippen molar-refractivity contribution in [2.24, 2.45) is 0 Å². The second-order valence-electron chi connectivity index (χ2n) is 0.685. The third-order valence-corrected chi connectivity index (χ3v) is 0.616. The third-order valence-electron chi connectivity index (χ3n) is 0.219. The normalized spacial score (nSPS) is 7.50. The van der Waals surface area contributed by atoms with Crippen LogP contribution in [-0.4, -0.2) is 5.33 Å². The van der Waals surface area contributed by atoms with E-state index >= 15 is 0 Å². The molecular formula is C4H5BrIPS. The highest BCUT2D eigenvalue weighted by atomic mass is 127. The molecule has 0 saturated heterocycles. The molecule has 0 aromatic rings. The highest BCUT2D eigenvalue weighted by Gasteiger charge is 1.63. The molecule has 0 fully saturated rings. The molecule has 0 rings (SSSR count). The van der Waals surface area contributed by atoms with Crippen LogP contribution in [0.15, 0.2) is 0 Å². The first-order valence-electron chi connectivity index (χ1n) is 2.22. The Balaban J connectivity index is 0. The fourth-order valence-electron chi connectivity index (χ4n) is 0.0472. The van der Waals surface area contributed by atoms with E-state index in [4.69, 9.17) is 1.37 Å². The lowest BCUT2D eigenvalue weighted by molar-refractivity contribution is 1.32. The number of hydrogen-bond acceptors (Lipinski definition) is 1. The Labute approximate surface area is 79.7 Å². The minimum Gasteiger partial charge on any atom is -0.120 e. The van der Waals surface area contributed by atoms with E-state index in [2.05, 4.69) is 55.7 Å². The molecule has 0 aliphatic rings. The molecule has 0 spiro atoms. The van der Waals surface area contributed by atoms with Crippen molar-refractivity contribution in [3.63, 3.8) is 0 Å². The number of rotatable bonds is 1. The minimum atomic E-state index is 0.781. The minimum absolute atomic E-state index is 0.781. The van der Waals surface area contributed by atoms with E-state index in [0.29, 0.717) is 0 Å². The molecule has 0 radical (unpaired) electrons. The van der Waals surface area contributed by atoms with Gasteiger partial charge in [0, 0.05) is 16.7 Å². The number of alkyl halides is 1. The predicted octanol–water partition coefficient (Wildman–Crippen LogP) is 3.15. The van der Waals surface area contributed by atoms with Crippen LogP contribution in [0.1, 0.15) is 7.79 Å². The molecule has 0 bridgehead atoms. The standard InChI is InChI=1S/C4H5Br.IPS/c1-2-3-4-5;1-2-3/h1H,3-4H2;/i1T;. The van der Waals surface area contributed by atoms with Gasteiger partial charge in [-0.1, -0.05) is 15.9 Å². The van der Waals surface area contributed by atoms with Gasteiger partial charge in [0.2, 0.25) is 0 Å². The smallest absolute Gasteiger partial charge is 0.120 e. The lowest BCUT2D eigenvalue weighted by Gasteiger charge is -1.67. The van der Waals surface area contributed by atoms with Gasteiger partial charge in [-0.3, -0.25) is 0 Å². The average molecular weight is 325 g/mol. The van der Waals surface area contributed by atoms with E-state index < -0.39 is 0 Å². The largest absolute Gasteiger partial charge is 0.124 e. The van der Waals surface area contributed by atoms with Crippen LogP contribution < -0.4 is 0 Å². The zero-order valence-corrected chi connectivity index (χ0v) is 9.48. The fraction of sp³-hybridized carbons (Fsp3) is 0.500. The molecule has 46 valence electrons. The summed E-state index contributed by atoms with van der Waals surface area (Å²) < 4.78 is 6.32. The van der Waals surface area contributed by atoms with Crippen LogP contribution in [-0.2, 0) is 11.8 Å². The van der Waals surface area contributed by atoms with Crippen molar-refractivity contribution in [2.75, 3.05) is 5.33 Å². The highest BCUT2D eigenvalue weighted by Crippen LogP contribution is 2.00. The van der Waals surface area contributed by atoms with Crippen LogP contribution in [0.4, 0.5) is 0 Å². The molecule has 0 unspecified atom stereocenters. The molecule has 0 heterocycles. The van der Waals surface area contributed by atoms with Gasteiger partial charge in [-0.2, -0.15) is 0 Å². The van der Waals surface area contributed by atoms with E-state index in [0.717, 1.165) is 16.7 Å². The zero-order valence-electron chi connectivity index (χ0n) is 5.03. The molecule has 0 aliphatic heterocycles. The number of hydrogen-bond donors (Lipinski definition) is 0. The third kappa shape index (κ3) is 26.6. The Morgan fingerprint density at radius 1 is 2.12 bits per heavy atom. The van der Waals surface area contributed by atoms with Gasteiger partial charge in [-0.15, -0.1) is 12.3 Å². The van der Waals surface area contributed by atoms with Crippen molar-refractivity contribution in [3.05, 3.63) is 0 Å². The molecule has 0 aliphatic carbocycles. The van der Waals surface area contributed by atoms with Crippen molar-refractivity contribution in [1.29, 1.82) is 0 Å². The average Bonchev–Trinajstić information content (AvgIpc) is 1.86. The summed E-state index contributed by atoms with van der Waals surface area (Å²) >= 11 is 9.59. The highest BCUT2D eigenvalue weighted by molar-refractivity contribution is 14.2. The first-order valence-corrected chi connectivity index (χ1v) is 7.54. The first-order chi connectivity index (χ1) is 4.33. The van der Waals surface area contributed by atoms with Crippen LogP contribution in [0.3, 0.4) is 0 Å². The van der Waals surface area contributed by atoms with Crippen molar-refractivity contribution in [1.82, 2.24) is 0 Å². The maximum absolute atomic E-state index is 6.32. The van der Waals surface area contributed by atoms with Gasteiger partial charge in [0.15, 0.2) is 0 Å². The van der Waals surface area contributed by atoms with Gasteiger partial charge in [0.25, 0.3) is 0 Å². The molecule has 0 amide bonds. The molecular weight excluding hydrogens is 318 g/mol. The number of halogens is 2. The topological polar surface area (TPSA) is 0 Å². The van der Waals surface area contributed by atoms with Gasteiger partial charge in [-0.05, 0) is 33.8 Å². The Bertz CT molecular complexity index is 111. The Morgan fingerprint density at radius 2 is 2.62 bits per heavy atom. The zero-order chi connectivity index (χ0) is 7.54. The summed E-state index contributed by atoms with van der Waals surface area (Å²) in [7, 11) is 0. The molecule has 0 atom stereocenters. The summed E-state index contributed by atoms with van der Waals surface area (Å²) in [6.45, 7) is 0. The fourth-order valence-corrected chi connectivity index (χ4v) is 0.245. The molecule has 0 nitrogen and oxygen atoms in total. The summed E-state index contributed by atoms with van der Waals surface area (Å²) in [6.07, 6.45) is 2.82. The summed E-state index contributed by atoms with van der Waals surface area (Å²) in [5.74, 6) is 2.57. The van der Waals surface area contributed by atoms with Crippen LogP contribution in [0.5, 0.6) is 0 Å². The van der Waals surface area contributed by atoms with Crippen molar-refractivity contribution in [3.8, 4) is 12.3 Å². The van der Waals surface area contributed by atoms with Crippen molar-refractivity contribution in [2.45, 2.75) is 6.42 Å². The van der Waals surface area contributed by atoms with E-state index in [-0.39, 0.29) is 0 Å². The summed E-state index contributed by atoms with van der Waals surface area (Å²) in [5, 5.41) is 0.874. The van der Waals surface area contributed by atoms with Crippen molar-refractivity contribution >= 4 is 54.8 Å². The monoisotopic (exact) mass is 324 g/mol.